The lowest BCUT2D eigenvalue weighted by Gasteiger charge is -2.23. The molecule has 0 saturated carbocycles. The maximum Gasteiger partial charge on any atom is 0.273 e. The number of likely N-dealkylation sites (N-methyl/N-ethyl adjacent to an activating group) is 1. The molecule has 0 fully saturated rings. The number of pyridine rings is 1. The zero-order valence-corrected chi connectivity index (χ0v) is 10.1. The van der Waals surface area contributed by atoms with Crippen molar-refractivity contribution >= 4 is 11.7 Å². The van der Waals surface area contributed by atoms with Gasteiger partial charge in [0.1, 0.15) is 5.69 Å². The van der Waals surface area contributed by atoms with E-state index in [0.29, 0.717) is 5.69 Å². The van der Waals surface area contributed by atoms with Crippen LogP contribution in [0.1, 0.15) is 23.0 Å². The van der Waals surface area contributed by atoms with E-state index in [9.17, 15) is 4.79 Å². The lowest BCUT2D eigenvalue weighted by atomic mass is 10.2. The van der Waals surface area contributed by atoms with Crippen LogP contribution in [0.25, 0.3) is 0 Å². The number of carbonyl (C=O) groups excluding carboxylic acids is 1. The summed E-state index contributed by atoms with van der Waals surface area (Å²) in [6.07, 6.45) is 1.56. The van der Waals surface area contributed by atoms with Gasteiger partial charge in [0.05, 0.1) is 6.04 Å². The van der Waals surface area contributed by atoms with E-state index in [2.05, 4.69) is 10.1 Å². The summed E-state index contributed by atoms with van der Waals surface area (Å²) >= 11 is 0. The Bertz CT molecular complexity index is 445. The molecular weight excluding hydrogens is 220 g/mol. The Balaban J connectivity index is 2.95. The second kappa shape index (κ2) is 5.29. The molecule has 0 aliphatic rings. The van der Waals surface area contributed by atoms with Crippen LogP contribution in [0, 0.1) is 6.92 Å². The van der Waals surface area contributed by atoms with Crippen LogP contribution in [-0.2, 0) is 0 Å². The summed E-state index contributed by atoms with van der Waals surface area (Å²) < 4.78 is 0. The van der Waals surface area contributed by atoms with Gasteiger partial charge in [0.25, 0.3) is 5.91 Å². The van der Waals surface area contributed by atoms with Gasteiger partial charge in [-0.2, -0.15) is 0 Å². The molecule has 0 aromatic carbocycles. The molecule has 0 aliphatic carbocycles. The molecule has 6 heteroatoms. The second-order valence-electron chi connectivity index (χ2n) is 3.79. The number of hydrogen-bond acceptors (Lipinski definition) is 4. The first kappa shape index (κ1) is 13.0. The van der Waals surface area contributed by atoms with Gasteiger partial charge in [0, 0.05) is 13.2 Å². The first-order chi connectivity index (χ1) is 7.99. The van der Waals surface area contributed by atoms with Crippen LogP contribution in [0.2, 0.25) is 0 Å². The van der Waals surface area contributed by atoms with Gasteiger partial charge in [-0.3, -0.25) is 9.78 Å². The average Bonchev–Trinajstić information content (AvgIpc) is 2.35. The van der Waals surface area contributed by atoms with E-state index in [1.165, 1.54) is 4.90 Å². The lowest BCUT2D eigenvalue weighted by Crippen LogP contribution is -2.44. The van der Waals surface area contributed by atoms with Crippen LogP contribution in [0.5, 0.6) is 0 Å². The Morgan fingerprint density at radius 3 is 2.82 bits per heavy atom. The summed E-state index contributed by atoms with van der Waals surface area (Å²) in [4.78, 5) is 17.5. The molecule has 1 heterocycles. The van der Waals surface area contributed by atoms with Gasteiger partial charge in [0.2, 0.25) is 0 Å². The van der Waals surface area contributed by atoms with Crippen LogP contribution in [0.15, 0.2) is 23.5 Å². The number of aromatic nitrogens is 1. The summed E-state index contributed by atoms with van der Waals surface area (Å²) in [5, 5.41) is 11.5. The molecule has 0 saturated heterocycles. The van der Waals surface area contributed by atoms with Gasteiger partial charge in [-0.1, -0.05) is 11.2 Å². The largest absolute Gasteiger partial charge is 0.409 e. The van der Waals surface area contributed by atoms with Crippen molar-refractivity contribution in [2.75, 3.05) is 7.05 Å². The van der Waals surface area contributed by atoms with Crippen LogP contribution >= 0.6 is 0 Å². The SMILES string of the molecule is Cc1cccnc1C(=O)N(C)C(C)C(N)=NO. The van der Waals surface area contributed by atoms with Gasteiger partial charge in [-0.05, 0) is 25.5 Å². The van der Waals surface area contributed by atoms with Crippen LogP contribution in [-0.4, -0.2) is 39.9 Å². The molecule has 17 heavy (non-hydrogen) atoms. The number of amides is 1. The summed E-state index contributed by atoms with van der Waals surface area (Å²) in [5.74, 6) is -0.281. The topological polar surface area (TPSA) is 91.8 Å². The third kappa shape index (κ3) is 2.72. The Morgan fingerprint density at radius 2 is 2.29 bits per heavy atom. The quantitative estimate of drug-likeness (QED) is 0.348. The molecule has 0 radical (unpaired) electrons. The molecule has 6 nitrogen and oxygen atoms in total. The Morgan fingerprint density at radius 1 is 1.65 bits per heavy atom. The molecular formula is C11H16N4O2. The summed E-state index contributed by atoms with van der Waals surface area (Å²) in [7, 11) is 1.58. The Kier molecular flexibility index (Phi) is 4.03. The first-order valence-corrected chi connectivity index (χ1v) is 5.15. The normalized spacial score (nSPS) is 13.2. The van der Waals surface area contributed by atoms with E-state index < -0.39 is 6.04 Å². The van der Waals surface area contributed by atoms with Gasteiger partial charge in [0.15, 0.2) is 5.84 Å². The Hall–Kier alpha value is -2.11. The fourth-order valence-electron chi connectivity index (χ4n) is 1.33. The molecule has 1 aromatic heterocycles. The van der Waals surface area contributed by atoms with Crippen LogP contribution < -0.4 is 5.73 Å². The molecule has 1 aromatic rings. The second-order valence-corrected chi connectivity index (χ2v) is 3.79. The van der Waals surface area contributed by atoms with Crippen molar-refractivity contribution in [2.24, 2.45) is 10.9 Å². The third-order valence-corrected chi connectivity index (χ3v) is 2.66. The van der Waals surface area contributed by atoms with E-state index in [0.717, 1.165) is 5.56 Å². The highest BCUT2D eigenvalue weighted by Gasteiger charge is 2.22. The number of nitrogens with two attached hydrogens (primary N) is 1. The van der Waals surface area contributed by atoms with Gasteiger partial charge in [-0.25, -0.2) is 0 Å². The summed E-state index contributed by atoms with van der Waals surface area (Å²) in [6.45, 7) is 3.48. The number of aryl methyl sites for hydroxylation is 1. The van der Waals surface area contributed by atoms with Gasteiger partial charge >= 0.3 is 0 Å². The monoisotopic (exact) mass is 236 g/mol. The van der Waals surface area contributed by atoms with E-state index in [-0.39, 0.29) is 11.7 Å². The number of hydrogen-bond donors (Lipinski definition) is 2. The van der Waals surface area contributed by atoms with E-state index in [4.69, 9.17) is 10.9 Å². The third-order valence-electron chi connectivity index (χ3n) is 2.66. The number of carbonyl (C=O) groups is 1. The molecule has 1 unspecified atom stereocenters. The minimum absolute atomic E-state index is 0.0190. The number of nitrogens with zero attached hydrogens (tertiary/aromatic N) is 3. The molecule has 92 valence electrons. The van der Waals surface area contributed by atoms with Crippen molar-refractivity contribution in [3.63, 3.8) is 0 Å². The predicted molar refractivity (Wildman–Crippen MR) is 63.9 cm³/mol. The highest BCUT2D eigenvalue weighted by molar-refractivity contribution is 5.97. The van der Waals surface area contributed by atoms with Crippen molar-refractivity contribution < 1.29 is 10.0 Å². The summed E-state index contributed by atoms with van der Waals surface area (Å²) in [6, 6.07) is 3.08. The fraction of sp³-hybridized carbons (Fsp3) is 0.364. The van der Waals surface area contributed by atoms with Crippen molar-refractivity contribution in [1.82, 2.24) is 9.88 Å². The van der Waals surface area contributed by atoms with Gasteiger partial charge < -0.3 is 15.8 Å². The summed E-state index contributed by atoms with van der Waals surface area (Å²) in [5.41, 5.74) is 6.61. The average molecular weight is 236 g/mol. The van der Waals surface area contributed by atoms with Crippen molar-refractivity contribution in [3.05, 3.63) is 29.6 Å². The van der Waals surface area contributed by atoms with Crippen molar-refractivity contribution in [2.45, 2.75) is 19.9 Å². The van der Waals surface area contributed by atoms with Gasteiger partial charge in [-0.15, -0.1) is 0 Å². The molecule has 3 N–H and O–H groups in total. The maximum absolute atomic E-state index is 12.1. The standard InChI is InChI=1S/C11H16N4O2/c1-7-5-4-6-13-9(7)11(16)15(3)8(2)10(12)14-17/h4-6,8,17H,1-3H3,(H2,12,14). The minimum atomic E-state index is -0.492. The zero-order valence-electron chi connectivity index (χ0n) is 10.1. The molecule has 0 aliphatic heterocycles. The molecule has 0 spiro atoms. The fourth-order valence-corrected chi connectivity index (χ4v) is 1.33. The molecule has 0 bridgehead atoms. The molecule has 1 atom stereocenters. The predicted octanol–water partition coefficient (Wildman–Crippen LogP) is 0.597. The highest BCUT2D eigenvalue weighted by atomic mass is 16.4. The number of rotatable bonds is 3. The van der Waals surface area contributed by atoms with E-state index >= 15 is 0 Å². The zero-order chi connectivity index (χ0) is 13.0. The highest BCUT2D eigenvalue weighted by Crippen LogP contribution is 2.08. The molecule has 1 rings (SSSR count). The first-order valence-electron chi connectivity index (χ1n) is 5.15. The van der Waals surface area contributed by atoms with Crippen LogP contribution in [0.3, 0.4) is 0 Å². The molecule has 1 amide bonds. The van der Waals surface area contributed by atoms with Crippen molar-refractivity contribution in [1.29, 1.82) is 0 Å². The van der Waals surface area contributed by atoms with Crippen LogP contribution in [0.4, 0.5) is 0 Å². The van der Waals surface area contributed by atoms with Crippen molar-refractivity contribution in [3.8, 4) is 0 Å². The lowest BCUT2D eigenvalue weighted by molar-refractivity contribution is 0.0769. The number of amidine groups is 1. The smallest absolute Gasteiger partial charge is 0.273 e. The number of oxime groups is 1. The van der Waals surface area contributed by atoms with E-state index in [1.54, 1.807) is 26.2 Å². The maximum atomic E-state index is 12.1. The Labute approximate surface area is 99.7 Å². The minimum Gasteiger partial charge on any atom is -0.409 e. The van der Waals surface area contributed by atoms with E-state index in [1.807, 2.05) is 13.0 Å².